The number of carbonyl (C=O) groups is 1. The van der Waals surface area contributed by atoms with Gasteiger partial charge in [-0.1, -0.05) is 54.6 Å². The van der Waals surface area contributed by atoms with Crippen LogP contribution in [0.4, 0.5) is 0 Å². The van der Waals surface area contributed by atoms with Crippen LogP contribution >= 0.6 is 0 Å². The SMILES string of the molecule is CCOC(=O)c1cc(Cn2ccc3ccccc32)ccc1OCc1ccccc1. The van der Waals surface area contributed by atoms with Crippen LogP contribution in [0.1, 0.15) is 28.4 Å². The van der Waals surface area contributed by atoms with Crippen molar-refractivity contribution in [2.75, 3.05) is 6.61 Å². The van der Waals surface area contributed by atoms with Crippen LogP contribution in [-0.4, -0.2) is 17.1 Å². The van der Waals surface area contributed by atoms with Crippen LogP contribution in [0.5, 0.6) is 5.75 Å². The standard InChI is InChI=1S/C25H23NO3/c1-2-28-25(27)22-16-20(17-26-15-14-21-10-6-7-11-23(21)26)12-13-24(22)29-18-19-8-4-3-5-9-19/h3-16H,2,17-18H2,1H3. The van der Waals surface area contributed by atoms with Crippen molar-refractivity contribution in [1.82, 2.24) is 4.57 Å². The summed E-state index contributed by atoms with van der Waals surface area (Å²) >= 11 is 0. The molecule has 4 heteroatoms. The van der Waals surface area contributed by atoms with E-state index >= 15 is 0 Å². The third kappa shape index (κ3) is 4.32. The fourth-order valence-corrected chi connectivity index (χ4v) is 3.38. The lowest BCUT2D eigenvalue weighted by Gasteiger charge is -2.13. The molecule has 0 aliphatic rings. The molecule has 0 saturated heterocycles. The average molecular weight is 385 g/mol. The third-order valence-electron chi connectivity index (χ3n) is 4.81. The van der Waals surface area contributed by atoms with E-state index in [-0.39, 0.29) is 5.97 Å². The van der Waals surface area contributed by atoms with Crippen molar-refractivity contribution < 1.29 is 14.3 Å². The van der Waals surface area contributed by atoms with Crippen LogP contribution in [-0.2, 0) is 17.9 Å². The fourth-order valence-electron chi connectivity index (χ4n) is 3.38. The minimum Gasteiger partial charge on any atom is -0.488 e. The van der Waals surface area contributed by atoms with E-state index in [2.05, 4.69) is 29.0 Å². The maximum absolute atomic E-state index is 12.5. The molecule has 0 atom stereocenters. The summed E-state index contributed by atoms with van der Waals surface area (Å²) in [6, 6.07) is 26.0. The largest absolute Gasteiger partial charge is 0.488 e. The van der Waals surface area contributed by atoms with Gasteiger partial charge in [0.05, 0.1) is 6.61 Å². The molecule has 4 aromatic rings. The molecule has 1 aromatic heterocycles. The molecule has 0 fully saturated rings. The van der Waals surface area contributed by atoms with E-state index in [1.807, 2.05) is 60.7 Å². The molecule has 146 valence electrons. The molecule has 0 spiro atoms. The minimum atomic E-state index is -0.366. The molecular weight excluding hydrogens is 362 g/mol. The summed E-state index contributed by atoms with van der Waals surface area (Å²) in [4.78, 5) is 12.5. The summed E-state index contributed by atoms with van der Waals surface area (Å²) in [6.45, 7) is 3.19. The highest BCUT2D eigenvalue weighted by Crippen LogP contribution is 2.24. The summed E-state index contributed by atoms with van der Waals surface area (Å²) in [6.07, 6.45) is 2.06. The van der Waals surface area contributed by atoms with E-state index in [4.69, 9.17) is 9.47 Å². The average Bonchev–Trinajstić information content (AvgIpc) is 3.16. The van der Waals surface area contributed by atoms with Gasteiger partial charge in [-0.3, -0.25) is 0 Å². The maximum atomic E-state index is 12.5. The van der Waals surface area contributed by atoms with Crippen LogP contribution in [0, 0.1) is 0 Å². The quantitative estimate of drug-likeness (QED) is 0.398. The number of rotatable bonds is 7. The first-order chi connectivity index (χ1) is 14.2. The Morgan fingerprint density at radius 1 is 0.897 bits per heavy atom. The smallest absolute Gasteiger partial charge is 0.341 e. The number of fused-ring (bicyclic) bond motifs is 1. The molecule has 0 amide bonds. The normalized spacial score (nSPS) is 10.8. The second kappa shape index (κ2) is 8.65. The Morgan fingerprint density at radius 3 is 2.52 bits per heavy atom. The summed E-state index contributed by atoms with van der Waals surface area (Å²) in [5.74, 6) is 0.170. The number of esters is 1. The van der Waals surface area contributed by atoms with E-state index in [1.54, 1.807) is 6.92 Å². The lowest BCUT2D eigenvalue weighted by Crippen LogP contribution is -2.09. The molecular formula is C25H23NO3. The predicted octanol–water partition coefficient (Wildman–Crippen LogP) is 5.45. The Bertz CT molecular complexity index is 1120. The Balaban J connectivity index is 1.60. The highest BCUT2D eigenvalue weighted by Gasteiger charge is 2.15. The van der Waals surface area contributed by atoms with E-state index < -0.39 is 0 Å². The molecule has 0 aliphatic heterocycles. The predicted molar refractivity (Wildman–Crippen MR) is 114 cm³/mol. The van der Waals surface area contributed by atoms with Gasteiger partial charge in [-0.2, -0.15) is 0 Å². The maximum Gasteiger partial charge on any atom is 0.341 e. The van der Waals surface area contributed by atoms with Crippen molar-refractivity contribution in [2.24, 2.45) is 0 Å². The van der Waals surface area contributed by atoms with Crippen LogP contribution in [0.15, 0.2) is 85.1 Å². The van der Waals surface area contributed by atoms with Gasteiger partial charge in [-0.05, 0) is 47.7 Å². The van der Waals surface area contributed by atoms with Gasteiger partial charge >= 0.3 is 5.97 Å². The van der Waals surface area contributed by atoms with E-state index in [1.165, 1.54) is 5.39 Å². The first-order valence-corrected chi connectivity index (χ1v) is 9.75. The first kappa shape index (κ1) is 18.8. The van der Waals surface area contributed by atoms with Crippen LogP contribution in [0.2, 0.25) is 0 Å². The highest BCUT2D eigenvalue weighted by molar-refractivity contribution is 5.92. The van der Waals surface area contributed by atoms with Gasteiger partial charge in [0, 0.05) is 18.3 Å². The number of hydrogen-bond donors (Lipinski definition) is 0. The van der Waals surface area contributed by atoms with E-state index in [9.17, 15) is 4.79 Å². The summed E-state index contributed by atoms with van der Waals surface area (Å²) in [7, 11) is 0. The van der Waals surface area contributed by atoms with Crippen LogP contribution in [0.3, 0.4) is 0 Å². The van der Waals surface area contributed by atoms with Crippen LogP contribution < -0.4 is 4.74 Å². The zero-order valence-electron chi connectivity index (χ0n) is 16.4. The van der Waals surface area contributed by atoms with Crippen molar-refractivity contribution >= 4 is 16.9 Å². The van der Waals surface area contributed by atoms with Gasteiger partial charge in [0.15, 0.2) is 0 Å². The highest BCUT2D eigenvalue weighted by atomic mass is 16.5. The summed E-state index contributed by atoms with van der Waals surface area (Å²) < 4.78 is 13.4. The zero-order valence-corrected chi connectivity index (χ0v) is 16.4. The Labute approximate surface area is 170 Å². The van der Waals surface area contributed by atoms with E-state index in [0.717, 1.165) is 16.6 Å². The van der Waals surface area contributed by atoms with Gasteiger partial charge in [0.1, 0.15) is 17.9 Å². The second-order valence-electron chi connectivity index (χ2n) is 6.83. The van der Waals surface area contributed by atoms with Crippen molar-refractivity contribution in [3.05, 3.63) is 102 Å². The third-order valence-corrected chi connectivity index (χ3v) is 4.81. The number of aromatic nitrogens is 1. The lowest BCUT2D eigenvalue weighted by atomic mass is 10.1. The second-order valence-corrected chi connectivity index (χ2v) is 6.83. The van der Waals surface area contributed by atoms with Gasteiger partial charge in [0.25, 0.3) is 0 Å². The zero-order chi connectivity index (χ0) is 20.1. The fraction of sp³-hybridized carbons (Fsp3) is 0.160. The minimum absolute atomic E-state index is 0.323. The molecule has 0 bridgehead atoms. The molecule has 4 rings (SSSR count). The topological polar surface area (TPSA) is 40.5 Å². The molecule has 4 nitrogen and oxygen atoms in total. The van der Waals surface area contributed by atoms with Gasteiger partial charge in [-0.15, -0.1) is 0 Å². The van der Waals surface area contributed by atoms with Gasteiger partial charge in [-0.25, -0.2) is 4.79 Å². The van der Waals surface area contributed by atoms with Gasteiger partial charge in [0.2, 0.25) is 0 Å². The number of hydrogen-bond acceptors (Lipinski definition) is 3. The number of nitrogens with zero attached hydrogens (tertiary/aromatic N) is 1. The summed E-state index contributed by atoms with van der Waals surface area (Å²) in [5, 5.41) is 1.20. The van der Waals surface area contributed by atoms with Crippen molar-refractivity contribution in [2.45, 2.75) is 20.1 Å². The number of ether oxygens (including phenoxy) is 2. The van der Waals surface area contributed by atoms with Crippen LogP contribution in [0.25, 0.3) is 10.9 Å². The monoisotopic (exact) mass is 385 g/mol. The molecule has 3 aromatic carbocycles. The number of carbonyl (C=O) groups excluding carboxylic acids is 1. The molecule has 0 N–H and O–H groups in total. The molecule has 0 aliphatic carbocycles. The number of para-hydroxylation sites is 1. The molecule has 1 heterocycles. The lowest BCUT2D eigenvalue weighted by molar-refractivity contribution is 0.0521. The first-order valence-electron chi connectivity index (χ1n) is 9.75. The molecule has 0 unspecified atom stereocenters. The molecule has 0 saturated carbocycles. The Morgan fingerprint density at radius 2 is 1.69 bits per heavy atom. The Kier molecular flexibility index (Phi) is 5.61. The summed E-state index contributed by atoms with van der Waals surface area (Å²) in [5.41, 5.74) is 3.68. The van der Waals surface area contributed by atoms with Crippen molar-refractivity contribution in [1.29, 1.82) is 0 Å². The van der Waals surface area contributed by atoms with E-state index in [0.29, 0.717) is 31.1 Å². The van der Waals surface area contributed by atoms with Gasteiger partial charge < -0.3 is 14.0 Å². The molecule has 29 heavy (non-hydrogen) atoms. The van der Waals surface area contributed by atoms with Crippen molar-refractivity contribution in [3.8, 4) is 5.75 Å². The van der Waals surface area contributed by atoms with Crippen molar-refractivity contribution in [3.63, 3.8) is 0 Å². The molecule has 0 radical (unpaired) electrons. The Hall–Kier alpha value is -3.53. The number of benzene rings is 3.